The molecule has 150 valence electrons. The molecule has 2 atom stereocenters. The third-order valence-electron chi connectivity index (χ3n) is 4.30. The van der Waals surface area contributed by atoms with Gasteiger partial charge in [-0.05, 0) is 12.1 Å². The SMILES string of the molecule is COc1cc(C(=S)N2CC(OC)CC2C(=O)NO)cc(C(F)(F)F)c1OC. The molecular formula is C16H19F3N2O5S. The van der Waals surface area contributed by atoms with E-state index in [0.717, 1.165) is 13.2 Å². The second-order valence-corrected chi connectivity index (χ2v) is 6.19. The number of nitrogens with one attached hydrogen (secondary N) is 1. The van der Waals surface area contributed by atoms with E-state index >= 15 is 0 Å². The van der Waals surface area contributed by atoms with Gasteiger partial charge < -0.3 is 19.1 Å². The lowest BCUT2D eigenvalue weighted by molar-refractivity contribution is -0.139. The van der Waals surface area contributed by atoms with Crippen molar-refractivity contribution in [2.75, 3.05) is 27.9 Å². The number of carbonyl (C=O) groups excluding carboxylic acids is 1. The van der Waals surface area contributed by atoms with Crippen LogP contribution in [0.4, 0.5) is 13.2 Å². The number of alkyl halides is 3. The van der Waals surface area contributed by atoms with Gasteiger partial charge in [0.1, 0.15) is 16.6 Å². The number of hydrogen-bond donors (Lipinski definition) is 2. The summed E-state index contributed by atoms with van der Waals surface area (Å²) >= 11 is 5.34. The Kier molecular flexibility index (Phi) is 6.50. The van der Waals surface area contributed by atoms with Gasteiger partial charge in [0.15, 0.2) is 11.5 Å². The van der Waals surface area contributed by atoms with Crippen LogP contribution >= 0.6 is 12.2 Å². The molecule has 2 rings (SSSR count). The van der Waals surface area contributed by atoms with Crippen LogP contribution in [0.3, 0.4) is 0 Å². The minimum atomic E-state index is -4.70. The maximum absolute atomic E-state index is 13.4. The third kappa shape index (κ3) is 4.25. The molecule has 2 unspecified atom stereocenters. The van der Waals surface area contributed by atoms with Crippen molar-refractivity contribution in [2.24, 2.45) is 0 Å². The predicted octanol–water partition coefficient (Wildman–Crippen LogP) is 1.99. The number of nitrogens with zero attached hydrogens (tertiary/aromatic N) is 1. The highest BCUT2D eigenvalue weighted by Crippen LogP contribution is 2.43. The molecule has 1 aromatic carbocycles. The number of carbonyl (C=O) groups is 1. The Morgan fingerprint density at radius 1 is 1.30 bits per heavy atom. The number of halogens is 3. The summed E-state index contributed by atoms with van der Waals surface area (Å²) in [4.78, 5) is 13.3. The van der Waals surface area contributed by atoms with Crippen molar-refractivity contribution < 1.29 is 37.4 Å². The fraction of sp³-hybridized carbons (Fsp3) is 0.500. The van der Waals surface area contributed by atoms with Gasteiger partial charge in [0, 0.05) is 25.6 Å². The van der Waals surface area contributed by atoms with Crippen molar-refractivity contribution in [2.45, 2.75) is 24.7 Å². The maximum Gasteiger partial charge on any atom is 0.420 e. The van der Waals surface area contributed by atoms with Gasteiger partial charge in [-0.15, -0.1) is 0 Å². The van der Waals surface area contributed by atoms with E-state index in [9.17, 15) is 18.0 Å². The van der Waals surface area contributed by atoms with Crippen LogP contribution in [0.25, 0.3) is 0 Å². The van der Waals surface area contributed by atoms with Crippen LogP contribution in [0.2, 0.25) is 0 Å². The van der Waals surface area contributed by atoms with Crippen LogP contribution in [0, 0.1) is 0 Å². The zero-order valence-electron chi connectivity index (χ0n) is 14.8. The molecule has 0 radical (unpaired) electrons. The molecule has 1 aliphatic rings. The Hall–Kier alpha value is -2.11. The molecule has 0 aromatic heterocycles. The molecule has 1 heterocycles. The molecule has 0 aliphatic carbocycles. The summed E-state index contributed by atoms with van der Waals surface area (Å²) < 4.78 is 55.4. The lowest BCUT2D eigenvalue weighted by Gasteiger charge is -2.26. The van der Waals surface area contributed by atoms with Gasteiger partial charge in [-0.3, -0.25) is 10.0 Å². The summed E-state index contributed by atoms with van der Waals surface area (Å²) in [5.74, 6) is -1.33. The van der Waals surface area contributed by atoms with Crippen LogP contribution in [0.5, 0.6) is 11.5 Å². The van der Waals surface area contributed by atoms with Crippen LogP contribution in [-0.4, -0.2) is 61.0 Å². The van der Waals surface area contributed by atoms with Crippen LogP contribution in [0.1, 0.15) is 17.5 Å². The van der Waals surface area contributed by atoms with Gasteiger partial charge in [0.2, 0.25) is 0 Å². The molecule has 1 aliphatic heterocycles. The number of hydrogen-bond acceptors (Lipinski definition) is 6. The van der Waals surface area contributed by atoms with Gasteiger partial charge in [-0.2, -0.15) is 13.2 Å². The lowest BCUT2D eigenvalue weighted by atomic mass is 10.1. The topological polar surface area (TPSA) is 80.3 Å². The summed E-state index contributed by atoms with van der Waals surface area (Å²) in [7, 11) is 3.77. The van der Waals surface area contributed by atoms with Gasteiger partial charge in [-0.1, -0.05) is 12.2 Å². The van der Waals surface area contributed by atoms with Crippen molar-refractivity contribution in [1.29, 1.82) is 0 Å². The molecule has 1 fully saturated rings. The largest absolute Gasteiger partial charge is 0.493 e. The number of thiocarbonyl (C=S) groups is 1. The molecule has 1 saturated heterocycles. The van der Waals surface area contributed by atoms with Crippen molar-refractivity contribution in [1.82, 2.24) is 10.4 Å². The third-order valence-corrected chi connectivity index (χ3v) is 4.77. The predicted molar refractivity (Wildman–Crippen MR) is 92.1 cm³/mol. The lowest BCUT2D eigenvalue weighted by Crippen LogP contribution is -2.44. The first kappa shape index (κ1) is 21.2. The number of rotatable bonds is 5. The van der Waals surface area contributed by atoms with E-state index in [-0.39, 0.29) is 35.4 Å². The number of amides is 1. The van der Waals surface area contributed by atoms with E-state index in [1.165, 1.54) is 25.2 Å². The Morgan fingerprint density at radius 3 is 2.44 bits per heavy atom. The van der Waals surface area contributed by atoms with E-state index < -0.39 is 29.4 Å². The molecule has 0 bridgehead atoms. The zero-order valence-corrected chi connectivity index (χ0v) is 15.6. The normalized spacial score (nSPS) is 19.7. The number of ether oxygens (including phenoxy) is 3. The Balaban J connectivity index is 2.50. The number of benzene rings is 1. The van der Waals surface area contributed by atoms with Crippen molar-refractivity contribution in [3.8, 4) is 11.5 Å². The summed E-state index contributed by atoms with van der Waals surface area (Å²) in [6, 6.07) is 1.28. The molecule has 2 N–H and O–H groups in total. The fourth-order valence-corrected chi connectivity index (χ4v) is 3.30. The van der Waals surface area contributed by atoms with E-state index in [2.05, 4.69) is 0 Å². The smallest absolute Gasteiger partial charge is 0.420 e. The summed E-state index contributed by atoms with van der Waals surface area (Å²) in [5.41, 5.74) is 0.525. The molecule has 1 amide bonds. The Labute approximate surface area is 158 Å². The maximum atomic E-state index is 13.4. The highest BCUT2D eigenvalue weighted by atomic mass is 32.1. The molecule has 0 saturated carbocycles. The fourth-order valence-electron chi connectivity index (χ4n) is 2.98. The second kappa shape index (κ2) is 8.28. The highest BCUT2D eigenvalue weighted by Gasteiger charge is 2.40. The van der Waals surface area contributed by atoms with Crippen molar-refractivity contribution in [3.05, 3.63) is 23.3 Å². The summed E-state index contributed by atoms with van der Waals surface area (Å²) in [5, 5.41) is 8.93. The van der Waals surface area contributed by atoms with Crippen molar-refractivity contribution in [3.63, 3.8) is 0 Å². The first-order chi connectivity index (χ1) is 12.7. The quantitative estimate of drug-likeness (QED) is 0.438. The number of methoxy groups -OCH3 is 3. The monoisotopic (exact) mass is 408 g/mol. The molecular weight excluding hydrogens is 389 g/mol. The molecule has 1 aromatic rings. The van der Waals surface area contributed by atoms with E-state index in [0.29, 0.717) is 0 Å². The minimum Gasteiger partial charge on any atom is -0.493 e. The standard InChI is InChI=1S/C16H19F3N2O5S/c1-24-9-6-11(14(22)20-23)21(7-9)15(27)8-4-10(16(17,18)19)13(26-3)12(5-8)25-2/h4-5,9,11,23H,6-7H2,1-3H3,(H,20,22). The summed E-state index contributed by atoms with van der Waals surface area (Å²) in [6.07, 6.45) is -4.85. The van der Waals surface area contributed by atoms with E-state index in [1.807, 2.05) is 0 Å². The highest BCUT2D eigenvalue weighted by molar-refractivity contribution is 7.80. The van der Waals surface area contributed by atoms with Gasteiger partial charge in [0.05, 0.1) is 20.3 Å². The number of likely N-dealkylation sites (tertiary alicyclic amines) is 1. The average Bonchev–Trinajstić information content (AvgIpc) is 3.09. The van der Waals surface area contributed by atoms with Crippen molar-refractivity contribution >= 4 is 23.1 Å². The Morgan fingerprint density at radius 2 is 1.96 bits per heavy atom. The Bertz CT molecular complexity index is 729. The molecule has 11 heteroatoms. The van der Waals surface area contributed by atoms with Gasteiger partial charge in [-0.25, -0.2) is 5.48 Å². The molecule has 27 heavy (non-hydrogen) atoms. The zero-order chi connectivity index (χ0) is 20.4. The van der Waals surface area contributed by atoms with E-state index in [4.69, 9.17) is 31.6 Å². The first-order valence-corrected chi connectivity index (χ1v) is 8.19. The first-order valence-electron chi connectivity index (χ1n) is 7.78. The second-order valence-electron chi connectivity index (χ2n) is 5.80. The molecule has 7 nitrogen and oxygen atoms in total. The van der Waals surface area contributed by atoms with Crippen LogP contribution < -0.4 is 15.0 Å². The van der Waals surface area contributed by atoms with Gasteiger partial charge in [0.25, 0.3) is 5.91 Å². The van der Waals surface area contributed by atoms with Gasteiger partial charge >= 0.3 is 6.18 Å². The van der Waals surface area contributed by atoms with Crippen LogP contribution in [-0.2, 0) is 15.7 Å². The molecule has 0 spiro atoms. The van der Waals surface area contributed by atoms with E-state index in [1.54, 1.807) is 5.48 Å². The average molecular weight is 408 g/mol. The van der Waals surface area contributed by atoms with Crippen LogP contribution in [0.15, 0.2) is 12.1 Å². The number of hydroxylamine groups is 1. The minimum absolute atomic E-state index is 0.00500. The summed E-state index contributed by atoms with van der Waals surface area (Å²) in [6.45, 7) is 0.184.